The number of terminal acetylenes is 2. The van der Waals surface area contributed by atoms with E-state index in [0.717, 1.165) is 5.30 Å². The van der Waals surface area contributed by atoms with E-state index in [1.807, 2.05) is 30.3 Å². The topological polar surface area (TPSA) is 0 Å². The minimum absolute atomic E-state index is 0.796. The Kier molecular flexibility index (Phi) is 2.74. The molecule has 0 bridgehead atoms. The van der Waals surface area contributed by atoms with Gasteiger partial charge in [0.15, 0.2) is 0 Å². The van der Waals surface area contributed by atoms with E-state index in [0.29, 0.717) is 0 Å². The first-order valence-electron chi connectivity index (χ1n) is 3.16. The van der Waals surface area contributed by atoms with Gasteiger partial charge < -0.3 is 0 Å². The minimum Gasteiger partial charge on any atom is -0.114 e. The van der Waals surface area contributed by atoms with Gasteiger partial charge in [-0.05, 0) is 5.30 Å². The Morgan fingerprint density at radius 2 is 1.55 bits per heavy atom. The van der Waals surface area contributed by atoms with Crippen molar-refractivity contribution in [1.29, 1.82) is 0 Å². The molecule has 1 aromatic carbocycles. The third-order valence-corrected chi connectivity index (χ3v) is 2.60. The van der Waals surface area contributed by atoms with Gasteiger partial charge in [0, 0.05) is 0 Å². The molecule has 0 fully saturated rings. The van der Waals surface area contributed by atoms with Gasteiger partial charge >= 0.3 is 0 Å². The second-order valence-electron chi connectivity index (χ2n) is 1.93. The summed E-state index contributed by atoms with van der Waals surface area (Å²) in [6.45, 7) is 0. The molecule has 0 spiro atoms. The maximum atomic E-state index is 5.25. The molecule has 1 aromatic rings. The molecular weight excluding hydrogens is 151 g/mol. The number of benzene rings is 1. The van der Waals surface area contributed by atoms with E-state index < -0.39 is 7.92 Å². The first-order chi connectivity index (χ1) is 5.38. The summed E-state index contributed by atoms with van der Waals surface area (Å²) in [5.41, 5.74) is 5.19. The van der Waals surface area contributed by atoms with Crippen LogP contribution >= 0.6 is 7.92 Å². The normalized spacial score (nSPS) is 8.64. The van der Waals surface area contributed by atoms with Crippen LogP contribution in [0.5, 0.6) is 0 Å². The lowest BCUT2D eigenvalue weighted by Crippen LogP contribution is -1.95. The zero-order valence-electron chi connectivity index (χ0n) is 5.99. The summed E-state index contributed by atoms with van der Waals surface area (Å²) in [6.07, 6.45) is 10.5. The standard InChI is InChI=1S/C10H7P/c1-3-11(4-2)10-8-6-5-7-9-10/h1-2,5-9H. The molecule has 0 saturated heterocycles. The fraction of sp³-hybridized carbons (Fsp3) is 0. The van der Waals surface area contributed by atoms with Crippen LogP contribution in [-0.4, -0.2) is 0 Å². The van der Waals surface area contributed by atoms with Crippen LogP contribution in [0.1, 0.15) is 0 Å². The van der Waals surface area contributed by atoms with Crippen LogP contribution in [0.4, 0.5) is 0 Å². The molecule has 0 N–H and O–H groups in total. The molecule has 0 aliphatic carbocycles. The van der Waals surface area contributed by atoms with Crippen molar-refractivity contribution in [3.63, 3.8) is 0 Å². The Balaban J connectivity index is 2.96. The summed E-state index contributed by atoms with van der Waals surface area (Å²) in [5, 5.41) is 1.08. The molecule has 0 saturated carbocycles. The zero-order chi connectivity index (χ0) is 8.10. The van der Waals surface area contributed by atoms with Crippen molar-refractivity contribution in [2.75, 3.05) is 0 Å². The van der Waals surface area contributed by atoms with E-state index in [9.17, 15) is 0 Å². The van der Waals surface area contributed by atoms with Crippen LogP contribution < -0.4 is 5.30 Å². The molecule has 0 aromatic heterocycles. The lowest BCUT2D eigenvalue weighted by atomic mass is 10.4. The molecule has 0 amide bonds. The van der Waals surface area contributed by atoms with Gasteiger partial charge in [0.25, 0.3) is 0 Å². The molecular formula is C10H7P. The maximum absolute atomic E-state index is 5.25. The van der Waals surface area contributed by atoms with E-state index in [4.69, 9.17) is 12.8 Å². The Morgan fingerprint density at radius 3 is 2.00 bits per heavy atom. The largest absolute Gasteiger partial charge is 0.114 e. The molecule has 0 nitrogen and oxygen atoms in total. The van der Waals surface area contributed by atoms with E-state index in [2.05, 4.69) is 11.3 Å². The monoisotopic (exact) mass is 158 g/mol. The highest BCUT2D eigenvalue weighted by atomic mass is 31.1. The molecule has 0 heterocycles. The number of hydrogen-bond donors (Lipinski definition) is 0. The Hall–Kier alpha value is -1.23. The van der Waals surface area contributed by atoms with Gasteiger partial charge in [-0.1, -0.05) is 41.7 Å². The predicted octanol–water partition coefficient (Wildman–Crippen LogP) is 1.98. The fourth-order valence-electron chi connectivity index (χ4n) is 0.763. The van der Waals surface area contributed by atoms with E-state index in [1.165, 1.54) is 0 Å². The van der Waals surface area contributed by atoms with E-state index in [1.54, 1.807) is 0 Å². The summed E-state index contributed by atoms with van der Waals surface area (Å²) >= 11 is 0. The van der Waals surface area contributed by atoms with Crippen LogP contribution in [0.25, 0.3) is 0 Å². The van der Waals surface area contributed by atoms with Gasteiger partial charge in [0.2, 0.25) is 0 Å². The SMILES string of the molecule is C#CP(C#C)c1ccccc1. The van der Waals surface area contributed by atoms with Crippen molar-refractivity contribution < 1.29 is 0 Å². The van der Waals surface area contributed by atoms with Gasteiger partial charge in [-0.25, -0.2) is 0 Å². The highest BCUT2D eigenvalue weighted by molar-refractivity contribution is 7.75. The van der Waals surface area contributed by atoms with Gasteiger partial charge in [0.05, 0.1) is 7.92 Å². The first-order valence-corrected chi connectivity index (χ1v) is 4.50. The second kappa shape index (κ2) is 3.82. The van der Waals surface area contributed by atoms with Crippen LogP contribution in [0.15, 0.2) is 30.3 Å². The lowest BCUT2D eigenvalue weighted by molar-refractivity contribution is 1.78. The summed E-state index contributed by atoms with van der Waals surface area (Å²) in [4.78, 5) is 0. The van der Waals surface area contributed by atoms with Gasteiger partial charge in [-0.3, -0.25) is 0 Å². The molecule has 11 heavy (non-hydrogen) atoms. The van der Waals surface area contributed by atoms with Crippen LogP contribution in [0.3, 0.4) is 0 Å². The molecule has 52 valence electrons. The quantitative estimate of drug-likeness (QED) is 0.433. The zero-order valence-corrected chi connectivity index (χ0v) is 6.88. The molecule has 0 unspecified atom stereocenters. The van der Waals surface area contributed by atoms with Crippen molar-refractivity contribution in [2.24, 2.45) is 0 Å². The number of hydrogen-bond acceptors (Lipinski definition) is 0. The summed E-state index contributed by atoms with van der Waals surface area (Å²) in [7, 11) is -0.796. The lowest BCUT2D eigenvalue weighted by Gasteiger charge is -2.00. The van der Waals surface area contributed by atoms with Crippen molar-refractivity contribution in [1.82, 2.24) is 0 Å². The van der Waals surface area contributed by atoms with Crippen LogP contribution in [0.2, 0.25) is 0 Å². The molecule has 0 aliphatic rings. The highest BCUT2D eigenvalue weighted by Gasteiger charge is 2.00. The predicted molar refractivity (Wildman–Crippen MR) is 50.7 cm³/mol. The summed E-state index contributed by atoms with van der Waals surface area (Å²) in [5.74, 6) is 0. The molecule has 0 atom stereocenters. The third-order valence-electron chi connectivity index (χ3n) is 1.27. The van der Waals surface area contributed by atoms with Crippen molar-refractivity contribution in [2.45, 2.75) is 0 Å². The van der Waals surface area contributed by atoms with Crippen LogP contribution in [-0.2, 0) is 0 Å². The minimum atomic E-state index is -0.796. The van der Waals surface area contributed by atoms with Gasteiger partial charge in [0.1, 0.15) is 0 Å². The molecule has 0 aliphatic heterocycles. The van der Waals surface area contributed by atoms with Gasteiger partial charge in [-0.2, -0.15) is 0 Å². The fourth-order valence-corrected chi connectivity index (χ4v) is 1.61. The Morgan fingerprint density at radius 1 is 1.00 bits per heavy atom. The van der Waals surface area contributed by atoms with Crippen molar-refractivity contribution in [3.05, 3.63) is 30.3 Å². The molecule has 1 rings (SSSR count). The first kappa shape index (κ1) is 7.87. The number of rotatable bonds is 1. The second-order valence-corrected chi connectivity index (χ2v) is 3.63. The van der Waals surface area contributed by atoms with Crippen molar-refractivity contribution >= 4 is 13.2 Å². The van der Waals surface area contributed by atoms with Crippen LogP contribution in [0, 0.1) is 24.2 Å². The van der Waals surface area contributed by atoms with E-state index in [-0.39, 0.29) is 0 Å². The Bertz CT molecular complexity index is 286. The average Bonchev–Trinajstić information content (AvgIpc) is 2.09. The smallest absolute Gasteiger partial charge is 0.0804 e. The molecule has 0 radical (unpaired) electrons. The third kappa shape index (κ3) is 1.84. The van der Waals surface area contributed by atoms with E-state index >= 15 is 0 Å². The average molecular weight is 158 g/mol. The van der Waals surface area contributed by atoms with Gasteiger partial charge in [-0.15, -0.1) is 12.8 Å². The summed E-state index contributed by atoms with van der Waals surface area (Å²) in [6, 6.07) is 9.76. The molecule has 1 heteroatoms. The van der Waals surface area contributed by atoms with Crippen molar-refractivity contribution in [3.8, 4) is 24.2 Å². The highest BCUT2D eigenvalue weighted by Crippen LogP contribution is 2.29. The summed E-state index contributed by atoms with van der Waals surface area (Å²) < 4.78 is 0. The maximum Gasteiger partial charge on any atom is 0.0804 e. The Labute approximate surface area is 68.4 Å².